The fourth-order valence-corrected chi connectivity index (χ4v) is 2.58. The number of rotatable bonds is 5. The van der Waals surface area contributed by atoms with Crippen LogP contribution in [-0.2, 0) is 4.74 Å². The molecule has 1 aliphatic rings. The predicted octanol–water partition coefficient (Wildman–Crippen LogP) is 2.42. The van der Waals surface area contributed by atoms with Crippen molar-refractivity contribution < 1.29 is 4.74 Å². The first kappa shape index (κ1) is 12.0. The lowest BCUT2D eigenvalue weighted by Gasteiger charge is -2.35. The summed E-state index contributed by atoms with van der Waals surface area (Å²) in [5.41, 5.74) is 5.80. The van der Waals surface area contributed by atoms with E-state index in [1.165, 1.54) is 25.7 Å². The van der Waals surface area contributed by atoms with Crippen molar-refractivity contribution in [1.29, 1.82) is 0 Å². The zero-order chi connectivity index (χ0) is 10.4. The van der Waals surface area contributed by atoms with Crippen LogP contribution in [0.25, 0.3) is 0 Å². The summed E-state index contributed by atoms with van der Waals surface area (Å²) < 4.78 is 5.54. The number of hydrogen-bond donors (Lipinski definition) is 1. The molecule has 0 aromatic carbocycles. The van der Waals surface area contributed by atoms with Crippen LogP contribution in [0, 0.1) is 17.8 Å². The van der Waals surface area contributed by atoms with Crippen LogP contribution < -0.4 is 5.73 Å². The Kier molecular flexibility index (Phi) is 5.49. The summed E-state index contributed by atoms with van der Waals surface area (Å²) in [7, 11) is 0. The lowest BCUT2D eigenvalue weighted by Crippen LogP contribution is -2.33. The van der Waals surface area contributed by atoms with Gasteiger partial charge in [-0.3, -0.25) is 0 Å². The molecule has 1 aliphatic carbocycles. The van der Waals surface area contributed by atoms with Crippen molar-refractivity contribution >= 4 is 0 Å². The average molecular weight is 199 g/mol. The first-order valence-electron chi connectivity index (χ1n) is 6.09. The minimum atomic E-state index is 0.712. The van der Waals surface area contributed by atoms with Gasteiger partial charge in [0.2, 0.25) is 0 Å². The lowest BCUT2D eigenvalue weighted by atomic mass is 9.73. The summed E-state index contributed by atoms with van der Waals surface area (Å²) in [6.07, 6.45) is 5.34. The maximum atomic E-state index is 5.80. The molecular formula is C12H25NO. The van der Waals surface area contributed by atoms with Gasteiger partial charge in [-0.2, -0.15) is 0 Å². The Morgan fingerprint density at radius 2 is 2.00 bits per heavy atom. The molecule has 0 radical (unpaired) electrons. The summed E-state index contributed by atoms with van der Waals surface area (Å²) in [6, 6.07) is 0. The van der Waals surface area contributed by atoms with E-state index in [1.54, 1.807) is 0 Å². The monoisotopic (exact) mass is 199 g/mol. The number of nitrogens with two attached hydrogens (primary N) is 1. The topological polar surface area (TPSA) is 35.2 Å². The molecule has 0 heterocycles. The van der Waals surface area contributed by atoms with E-state index in [-0.39, 0.29) is 0 Å². The summed E-state index contributed by atoms with van der Waals surface area (Å²) in [6.45, 7) is 6.97. The van der Waals surface area contributed by atoms with Gasteiger partial charge in [0.05, 0.1) is 0 Å². The van der Waals surface area contributed by atoms with Gasteiger partial charge in [0.1, 0.15) is 0 Å². The summed E-state index contributed by atoms with van der Waals surface area (Å²) in [4.78, 5) is 0. The molecule has 0 amide bonds. The molecule has 1 fully saturated rings. The normalized spacial score (nSPS) is 33.2. The molecule has 2 heteroatoms. The zero-order valence-corrected chi connectivity index (χ0v) is 9.67. The van der Waals surface area contributed by atoms with Gasteiger partial charge in [-0.1, -0.05) is 19.8 Å². The van der Waals surface area contributed by atoms with Crippen molar-refractivity contribution in [2.75, 3.05) is 19.8 Å². The number of ether oxygens (including phenoxy) is 1. The van der Waals surface area contributed by atoms with Crippen molar-refractivity contribution in [3.05, 3.63) is 0 Å². The molecule has 1 saturated carbocycles. The quantitative estimate of drug-likeness (QED) is 0.738. The van der Waals surface area contributed by atoms with Crippen LogP contribution in [-0.4, -0.2) is 19.8 Å². The van der Waals surface area contributed by atoms with E-state index in [4.69, 9.17) is 10.5 Å². The van der Waals surface area contributed by atoms with Gasteiger partial charge in [-0.15, -0.1) is 0 Å². The molecular weight excluding hydrogens is 174 g/mol. The standard InChI is InChI=1S/C12H25NO/c1-3-10-5-6-11(8-13)12(7-10)9-14-4-2/h10-12H,3-9,13H2,1-2H3. The molecule has 0 aromatic rings. The van der Waals surface area contributed by atoms with Crippen LogP contribution in [0.4, 0.5) is 0 Å². The van der Waals surface area contributed by atoms with Gasteiger partial charge in [-0.05, 0) is 44.1 Å². The largest absolute Gasteiger partial charge is 0.381 e. The van der Waals surface area contributed by atoms with E-state index in [2.05, 4.69) is 13.8 Å². The Morgan fingerprint density at radius 1 is 1.21 bits per heavy atom. The molecule has 0 spiro atoms. The second-order valence-corrected chi connectivity index (χ2v) is 4.50. The van der Waals surface area contributed by atoms with Crippen molar-refractivity contribution in [3.63, 3.8) is 0 Å². The maximum Gasteiger partial charge on any atom is 0.0497 e. The Morgan fingerprint density at radius 3 is 2.57 bits per heavy atom. The SMILES string of the molecule is CCOCC1CC(CC)CCC1CN. The molecule has 3 unspecified atom stereocenters. The molecule has 14 heavy (non-hydrogen) atoms. The third kappa shape index (κ3) is 3.25. The minimum absolute atomic E-state index is 0.712. The highest BCUT2D eigenvalue weighted by molar-refractivity contribution is 4.80. The molecule has 2 N–H and O–H groups in total. The Bertz CT molecular complexity index is 149. The second kappa shape index (κ2) is 6.41. The van der Waals surface area contributed by atoms with E-state index in [0.717, 1.165) is 31.6 Å². The molecule has 0 aliphatic heterocycles. The van der Waals surface area contributed by atoms with Gasteiger partial charge in [0, 0.05) is 13.2 Å². The average Bonchev–Trinajstić information content (AvgIpc) is 2.25. The first-order chi connectivity index (χ1) is 6.81. The molecule has 0 aromatic heterocycles. The van der Waals surface area contributed by atoms with Gasteiger partial charge >= 0.3 is 0 Å². The van der Waals surface area contributed by atoms with E-state index < -0.39 is 0 Å². The van der Waals surface area contributed by atoms with Gasteiger partial charge in [-0.25, -0.2) is 0 Å². The van der Waals surface area contributed by atoms with Crippen LogP contribution in [0.2, 0.25) is 0 Å². The van der Waals surface area contributed by atoms with Crippen LogP contribution in [0.15, 0.2) is 0 Å². The van der Waals surface area contributed by atoms with E-state index in [1.807, 2.05) is 0 Å². The minimum Gasteiger partial charge on any atom is -0.381 e. The molecule has 1 rings (SSSR count). The summed E-state index contributed by atoms with van der Waals surface area (Å²) in [5.74, 6) is 2.35. The van der Waals surface area contributed by atoms with Gasteiger partial charge in [0.15, 0.2) is 0 Å². The van der Waals surface area contributed by atoms with Gasteiger partial charge < -0.3 is 10.5 Å². The molecule has 0 saturated heterocycles. The highest BCUT2D eigenvalue weighted by atomic mass is 16.5. The fraction of sp³-hybridized carbons (Fsp3) is 1.00. The van der Waals surface area contributed by atoms with Crippen molar-refractivity contribution in [3.8, 4) is 0 Å². The smallest absolute Gasteiger partial charge is 0.0497 e. The Balaban J connectivity index is 2.38. The molecule has 3 atom stereocenters. The Labute approximate surface area is 88.2 Å². The third-order valence-corrected chi connectivity index (χ3v) is 3.66. The van der Waals surface area contributed by atoms with Crippen molar-refractivity contribution in [2.24, 2.45) is 23.5 Å². The lowest BCUT2D eigenvalue weighted by molar-refractivity contribution is 0.0528. The van der Waals surface area contributed by atoms with E-state index in [9.17, 15) is 0 Å². The van der Waals surface area contributed by atoms with Crippen LogP contribution in [0.3, 0.4) is 0 Å². The summed E-state index contributed by atoms with van der Waals surface area (Å²) >= 11 is 0. The van der Waals surface area contributed by atoms with Crippen molar-refractivity contribution in [1.82, 2.24) is 0 Å². The van der Waals surface area contributed by atoms with Crippen LogP contribution in [0.1, 0.15) is 39.5 Å². The summed E-state index contributed by atoms with van der Waals surface area (Å²) in [5, 5.41) is 0. The van der Waals surface area contributed by atoms with Crippen molar-refractivity contribution in [2.45, 2.75) is 39.5 Å². The number of hydrogen-bond acceptors (Lipinski definition) is 2. The third-order valence-electron chi connectivity index (χ3n) is 3.66. The molecule has 0 bridgehead atoms. The van der Waals surface area contributed by atoms with E-state index >= 15 is 0 Å². The highest BCUT2D eigenvalue weighted by Crippen LogP contribution is 2.35. The highest BCUT2D eigenvalue weighted by Gasteiger charge is 2.28. The van der Waals surface area contributed by atoms with Crippen LogP contribution in [0.5, 0.6) is 0 Å². The van der Waals surface area contributed by atoms with Gasteiger partial charge in [0.25, 0.3) is 0 Å². The maximum absolute atomic E-state index is 5.80. The zero-order valence-electron chi connectivity index (χ0n) is 9.67. The molecule has 84 valence electrons. The fourth-order valence-electron chi connectivity index (χ4n) is 2.58. The Hall–Kier alpha value is -0.0800. The second-order valence-electron chi connectivity index (χ2n) is 4.50. The van der Waals surface area contributed by atoms with E-state index in [0.29, 0.717) is 5.92 Å². The predicted molar refractivity (Wildman–Crippen MR) is 60.2 cm³/mol. The molecule has 2 nitrogen and oxygen atoms in total. The first-order valence-corrected chi connectivity index (χ1v) is 6.09. The van der Waals surface area contributed by atoms with Crippen LogP contribution >= 0.6 is 0 Å².